The SMILES string of the molecule is Cc1[nH]c2c(CC(N)=O)ccc(N(C)[C@H]3CCNC3)c2c1C. The van der Waals surface area contributed by atoms with Gasteiger partial charge in [0.2, 0.25) is 5.91 Å². The zero-order chi connectivity index (χ0) is 15.9. The van der Waals surface area contributed by atoms with Gasteiger partial charge in [-0.15, -0.1) is 0 Å². The molecule has 4 N–H and O–H groups in total. The summed E-state index contributed by atoms with van der Waals surface area (Å²) in [4.78, 5) is 17.1. The molecule has 22 heavy (non-hydrogen) atoms. The maximum absolute atomic E-state index is 11.3. The zero-order valence-corrected chi connectivity index (χ0v) is 13.5. The van der Waals surface area contributed by atoms with E-state index in [4.69, 9.17) is 5.73 Å². The number of hydrogen-bond donors (Lipinski definition) is 3. The molecule has 1 aromatic heterocycles. The number of nitrogens with one attached hydrogen (secondary N) is 2. The van der Waals surface area contributed by atoms with Crippen LogP contribution in [-0.4, -0.2) is 37.1 Å². The van der Waals surface area contributed by atoms with Gasteiger partial charge >= 0.3 is 0 Å². The number of hydrogen-bond acceptors (Lipinski definition) is 3. The Balaban J connectivity index is 2.13. The molecule has 1 saturated heterocycles. The lowest BCUT2D eigenvalue weighted by Crippen LogP contribution is -2.33. The molecule has 0 bridgehead atoms. The average molecular weight is 300 g/mol. The normalized spacial score (nSPS) is 18.0. The van der Waals surface area contributed by atoms with Crippen molar-refractivity contribution >= 4 is 22.5 Å². The van der Waals surface area contributed by atoms with E-state index in [1.54, 1.807) is 0 Å². The molecule has 0 aliphatic carbocycles. The standard InChI is InChI=1S/C17H24N4O/c1-10-11(2)20-17-12(8-15(18)22)4-5-14(16(10)17)21(3)13-6-7-19-9-13/h4-5,13,19-20H,6-9H2,1-3H3,(H2,18,22)/t13-/m0/s1. The summed E-state index contributed by atoms with van der Waals surface area (Å²) in [5.41, 5.74) is 11.0. The molecule has 5 heteroatoms. The Morgan fingerprint density at radius 2 is 2.18 bits per heavy atom. The molecule has 2 heterocycles. The van der Waals surface area contributed by atoms with Crippen LogP contribution in [-0.2, 0) is 11.2 Å². The van der Waals surface area contributed by atoms with Gasteiger partial charge in [-0.2, -0.15) is 0 Å². The van der Waals surface area contributed by atoms with E-state index in [1.807, 2.05) is 6.07 Å². The molecule has 0 unspecified atom stereocenters. The number of primary amides is 1. The number of anilines is 1. The summed E-state index contributed by atoms with van der Waals surface area (Å²) in [6.07, 6.45) is 1.42. The smallest absolute Gasteiger partial charge is 0.221 e. The summed E-state index contributed by atoms with van der Waals surface area (Å²) in [6.45, 7) is 6.29. The molecule has 1 aliphatic heterocycles. The minimum Gasteiger partial charge on any atom is -0.370 e. The number of amides is 1. The van der Waals surface area contributed by atoms with Crippen LogP contribution < -0.4 is 16.0 Å². The van der Waals surface area contributed by atoms with Gasteiger partial charge in [0.25, 0.3) is 0 Å². The molecule has 1 fully saturated rings. The van der Waals surface area contributed by atoms with Crippen LogP contribution >= 0.6 is 0 Å². The first-order chi connectivity index (χ1) is 10.5. The van der Waals surface area contributed by atoms with Crippen LogP contribution in [0.2, 0.25) is 0 Å². The monoisotopic (exact) mass is 300 g/mol. The first-order valence-corrected chi connectivity index (χ1v) is 7.81. The lowest BCUT2D eigenvalue weighted by atomic mass is 10.0. The fourth-order valence-electron chi connectivity index (χ4n) is 3.42. The molecule has 0 radical (unpaired) electrons. The highest BCUT2D eigenvalue weighted by Gasteiger charge is 2.23. The number of nitrogens with zero attached hydrogens (tertiary/aromatic N) is 1. The Hall–Kier alpha value is -2.01. The predicted molar refractivity (Wildman–Crippen MR) is 90.3 cm³/mol. The fourth-order valence-corrected chi connectivity index (χ4v) is 3.42. The van der Waals surface area contributed by atoms with Gasteiger partial charge in [-0.3, -0.25) is 4.79 Å². The largest absolute Gasteiger partial charge is 0.370 e. The third-order valence-corrected chi connectivity index (χ3v) is 4.85. The highest BCUT2D eigenvalue weighted by molar-refractivity contribution is 5.99. The number of rotatable bonds is 4. The number of nitrogens with two attached hydrogens (primary N) is 1. The first-order valence-electron chi connectivity index (χ1n) is 7.81. The third-order valence-electron chi connectivity index (χ3n) is 4.85. The van der Waals surface area contributed by atoms with Crippen molar-refractivity contribution in [3.8, 4) is 0 Å². The summed E-state index contributed by atoms with van der Waals surface area (Å²) in [7, 11) is 2.15. The minimum atomic E-state index is -0.299. The zero-order valence-electron chi connectivity index (χ0n) is 13.5. The lowest BCUT2D eigenvalue weighted by molar-refractivity contribution is -0.117. The molecule has 1 amide bonds. The fraction of sp³-hybridized carbons (Fsp3) is 0.471. The third kappa shape index (κ3) is 2.46. The van der Waals surface area contributed by atoms with Crippen LogP contribution in [0, 0.1) is 13.8 Å². The van der Waals surface area contributed by atoms with E-state index in [1.165, 1.54) is 16.6 Å². The summed E-state index contributed by atoms with van der Waals surface area (Å²) < 4.78 is 0. The first kappa shape index (κ1) is 14.9. The molecular formula is C17H24N4O. The number of carbonyl (C=O) groups excluding carboxylic acids is 1. The Morgan fingerprint density at radius 3 is 2.82 bits per heavy atom. The maximum atomic E-state index is 11.3. The van der Waals surface area contributed by atoms with E-state index in [0.717, 1.165) is 36.3 Å². The summed E-state index contributed by atoms with van der Waals surface area (Å²) in [5, 5.41) is 4.63. The number of benzene rings is 1. The van der Waals surface area contributed by atoms with Gasteiger partial charge in [0, 0.05) is 36.4 Å². The van der Waals surface area contributed by atoms with Crippen LogP contribution in [0.15, 0.2) is 12.1 Å². The Kier molecular flexibility index (Phi) is 3.83. The van der Waals surface area contributed by atoms with Crippen molar-refractivity contribution in [3.63, 3.8) is 0 Å². The molecule has 0 saturated carbocycles. The maximum Gasteiger partial charge on any atom is 0.221 e. The molecule has 1 atom stereocenters. The highest BCUT2D eigenvalue weighted by atomic mass is 16.1. The van der Waals surface area contributed by atoms with Gasteiger partial charge in [0.05, 0.1) is 11.9 Å². The topological polar surface area (TPSA) is 74.2 Å². The van der Waals surface area contributed by atoms with Crippen molar-refractivity contribution < 1.29 is 4.79 Å². The summed E-state index contributed by atoms with van der Waals surface area (Å²) in [5.74, 6) is -0.299. The van der Waals surface area contributed by atoms with Gasteiger partial charge < -0.3 is 20.9 Å². The molecule has 1 aliphatic rings. The number of carbonyl (C=O) groups is 1. The number of H-pyrrole nitrogens is 1. The number of aromatic amines is 1. The van der Waals surface area contributed by atoms with E-state index in [0.29, 0.717) is 6.04 Å². The molecule has 3 rings (SSSR count). The number of likely N-dealkylation sites (N-methyl/N-ethyl adjacent to an activating group) is 1. The second-order valence-electron chi connectivity index (χ2n) is 6.27. The van der Waals surface area contributed by atoms with E-state index < -0.39 is 0 Å². The minimum absolute atomic E-state index is 0.269. The van der Waals surface area contributed by atoms with Gasteiger partial charge in [-0.05, 0) is 44.0 Å². The van der Waals surface area contributed by atoms with Crippen molar-refractivity contribution in [1.29, 1.82) is 0 Å². The number of fused-ring (bicyclic) bond motifs is 1. The summed E-state index contributed by atoms with van der Waals surface area (Å²) in [6, 6.07) is 4.66. The highest BCUT2D eigenvalue weighted by Crippen LogP contribution is 2.34. The molecule has 2 aromatic rings. The molecule has 1 aromatic carbocycles. The van der Waals surface area contributed by atoms with Crippen molar-refractivity contribution in [2.24, 2.45) is 5.73 Å². The molecule has 0 spiro atoms. The van der Waals surface area contributed by atoms with Crippen molar-refractivity contribution in [2.75, 3.05) is 25.0 Å². The average Bonchev–Trinajstić information content (AvgIpc) is 3.09. The quantitative estimate of drug-likeness (QED) is 0.803. The Morgan fingerprint density at radius 1 is 1.41 bits per heavy atom. The van der Waals surface area contributed by atoms with Crippen LogP contribution in [0.1, 0.15) is 23.2 Å². The van der Waals surface area contributed by atoms with Crippen molar-refractivity contribution in [2.45, 2.75) is 32.7 Å². The van der Waals surface area contributed by atoms with Gasteiger partial charge in [0.15, 0.2) is 0 Å². The van der Waals surface area contributed by atoms with Gasteiger partial charge in [-0.25, -0.2) is 0 Å². The Bertz CT molecular complexity index is 713. The van der Waals surface area contributed by atoms with E-state index in [2.05, 4.69) is 42.2 Å². The number of aromatic nitrogens is 1. The van der Waals surface area contributed by atoms with Crippen LogP contribution in [0.5, 0.6) is 0 Å². The van der Waals surface area contributed by atoms with E-state index in [-0.39, 0.29) is 12.3 Å². The van der Waals surface area contributed by atoms with E-state index in [9.17, 15) is 4.79 Å². The van der Waals surface area contributed by atoms with Crippen LogP contribution in [0.4, 0.5) is 5.69 Å². The molecule has 118 valence electrons. The van der Waals surface area contributed by atoms with Gasteiger partial charge in [-0.1, -0.05) is 6.07 Å². The lowest BCUT2D eigenvalue weighted by Gasteiger charge is -2.27. The Labute approximate surface area is 130 Å². The van der Waals surface area contributed by atoms with Crippen molar-refractivity contribution in [1.82, 2.24) is 10.3 Å². The van der Waals surface area contributed by atoms with Crippen LogP contribution in [0.3, 0.4) is 0 Å². The van der Waals surface area contributed by atoms with Crippen LogP contribution in [0.25, 0.3) is 10.9 Å². The van der Waals surface area contributed by atoms with Crippen molar-refractivity contribution in [3.05, 3.63) is 29.0 Å². The molecular weight excluding hydrogens is 276 g/mol. The molecule has 5 nitrogen and oxygen atoms in total. The predicted octanol–water partition coefficient (Wildman–Crippen LogP) is 1.61. The van der Waals surface area contributed by atoms with E-state index >= 15 is 0 Å². The van der Waals surface area contributed by atoms with Gasteiger partial charge in [0.1, 0.15) is 0 Å². The second-order valence-corrected chi connectivity index (χ2v) is 6.27. The number of aryl methyl sites for hydroxylation is 2. The second kappa shape index (κ2) is 5.65. The summed E-state index contributed by atoms with van der Waals surface area (Å²) >= 11 is 0.